The highest BCUT2D eigenvalue weighted by molar-refractivity contribution is 5.97. The van der Waals surface area contributed by atoms with Gasteiger partial charge >= 0.3 is 0 Å². The van der Waals surface area contributed by atoms with Crippen LogP contribution < -0.4 is 5.32 Å². The van der Waals surface area contributed by atoms with Crippen molar-refractivity contribution in [2.75, 3.05) is 13.1 Å². The van der Waals surface area contributed by atoms with Crippen LogP contribution in [0, 0.1) is 0 Å². The Balaban J connectivity index is 2.38. The quantitative estimate of drug-likeness (QED) is 0.874. The minimum atomic E-state index is -0.180. The zero-order valence-corrected chi connectivity index (χ0v) is 14.7. The number of nitrogens with zero attached hydrogens (tertiary/aromatic N) is 3. The maximum Gasteiger partial charge on any atom is 0.287 e. The van der Waals surface area contributed by atoms with Crippen LogP contribution >= 0.6 is 0 Å². The first-order valence-electron chi connectivity index (χ1n) is 8.72. The Bertz CT molecular complexity index is 575. The Morgan fingerprint density at radius 3 is 2.57 bits per heavy atom. The van der Waals surface area contributed by atoms with Crippen LogP contribution in [-0.2, 0) is 13.0 Å². The highest BCUT2D eigenvalue weighted by Crippen LogP contribution is 2.22. The number of rotatable bonds is 6. The van der Waals surface area contributed by atoms with Crippen LogP contribution in [0.2, 0.25) is 0 Å². The fourth-order valence-corrected chi connectivity index (χ4v) is 2.94. The average Bonchev–Trinajstić information content (AvgIpc) is 2.95. The number of carbonyl (C=O) groups is 2. The van der Waals surface area contributed by atoms with E-state index in [9.17, 15) is 9.59 Å². The number of amides is 2. The molecular formula is C17H28N4O2. The molecule has 0 saturated carbocycles. The number of imidazole rings is 1. The number of nitrogens with one attached hydrogen (secondary N) is 1. The van der Waals surface area contributed by atoms with E-state index >= 15 is 0 Å². The van der Waals surface area contributed by atoms with Crippen LogP contribution in [0.3, 0.4) is 0 Å². The van der Waals surface area contributed by atoms with E-state index in [2.05, 4.69) is 10.3 Å². The first kappa shape index (κ1) is 17.5. The van der Waals surface area contributed by atoms with Gasteiger partial charge in [0.1, 0.15) is 5.69 Å². The van der Waals surface area contributed by atoms with Crippen molar-refractivity contribution in [1.82, 2.24) is 19.8 Å². The van der Waals surface area contributed by atoms with Gasteiger partial charge in [-0.05, 0) is 46.5 Å². The van der Waals surface area contributed by atoms with E-state index in [1.54, 1.807) is 4.90 Å². The molecule has 6 heteroatoms. The molecule has 0 aliphatic carbocycles. The smallest absolute Gasteiger partial charge is 0.287 e. The Morgan fingerprint density at radius 1 is 1.26 bits per heavy atom. The standard InChI is InChI=1S/C17H28N4O2/c1-5-12(4)18-16(22)15-19-14(17(23)20(6-2)7-3)13-10-8-9-11-21(13)15/h12H,5-11H2,1-4H3,(H,18,22). The van der Waals surface area contributed by atoms with Gasteiger partial charge in [0.25, 0.3) is 11.8 Å². The fraction of sp³-hybridized carbons (Fsp3) is 0.706. The van der Waals surface area contributed by atoms with Gasteiger partial charge < -0.3 is 14.8 Å². The van der Waals surface area contributed by atoms with Gasteiger partial charge in [-0.15, -0.1) is 0 Å². The van der Waals surface area contributed by atoms with Crippen molar-refractivity contribution in [2.24, 2.45) is 0 Å². The topological polar surface area (TPSA) is 67.2 Å². The van der Waals surface area contributed by atoms with Gasteiger partial charge in [-0.1, -0.05) is 6.92 Å². The van der Waals surface area contributed by atoms with E-state index in [4.69, 9.17) is 0 Å². The van der Waals surface area contributed by atoms with Gasteiger partial charge in [-0.25, -0.2) is 4.98 Å². The lowest BCUT2D eigenvalue weighted by molar-refractivity contribution is 0.0766. The van der Waals surface area contributed by atoms with Crippen LogP contribution in [0.25, 0.3) is 0 Å². The predicted molar refractivity (Wildman–Crippen MR) is 89.6 cm³/mol. The van der Waals surface area contributed by atoms with E-state index in [0.717, 1.165) is 37.9 Å². The summed E-state index contributed by atoms with van der Waals surface area (Å²) in [4.78, 5) is 31.4. The van der Waals surface area contributed by atoms with Gasteiger partial charge in [0, 0.05) is 25.7 Å². The number of hydrogen-bond donors (Lipinski definition) is 1. The lowest BCUT2D eigenvalue weighted by atomic mass is 10.1. The maximum absolute atomic E-state index is 12.7. The van der Waals surface area contributed by atoms with E-state index in [1.165, 1.54) is 0 Å². The molecule has 0 spiro atoms. The summed E-state index contributed by atoms with van der Waals surface area (Å²) in [6.45, 7) is 9.98. The fourth-order valence-electron chi connectivity index (χ4n) is 2.94. The first-order chi connectivity index (χ1) is 11.0. The summed E-state index contributed by atoms with van der Waals surface area (Å²) in [5.41, 5.74) is 1.38. The van der Waals surface area contributed by atoms with Crippen molar-refractivity contribution >= 4 is 11.8 Å². The largest absolute Gasteiger partial charge is 0.347 e. The second kappa shape index (κ2) is 7.62. The van der Waals surface area contributed by atoms with E-state index < -0.39 is 0 Å². The van der Waals surface area contributed by atoms with Crippen LogP contribution in [0.1, 0.15) is 73.8 Å². The molecule has 1 aromatic heterocycles. The molecule has 0 radical (unpaired) electrons. The van der Waals surface area contributed by atoms with Gasteiger partial charge in [-0.2, -0.15) is 0 Å². The lowest BCUT2D eigenvalue weighted by Gasteiger charge is -2.20. The third-order valence-electron chi connectivity index (χ3n) is 4.56. The molecule has 1 aromatic rings. The van der Waals surface area contributed by atoms with Crippen molar-refractivity contribution in [3.8, 4) is 0 Å². The Kier molecular flexibility index (Phi) is 5.80. The van der Waals surface area contributed by atoms with Gasteiger partial charge in [-0.3, -0.25) is 9.59 Å². The summed E-state index contributed by atoms with van der Waals surface area (Å²) in [5, 5.41) is 2.96. The monoisotopic (exact) mass is 320 g/mol. The van der Waals surface area contributed by atoms with Gasteiger partial charge in [0.05, 0.1) is 5.69 Å². The summed E-state index contributed by atoms with van der Waals surface area (Å²) in [7, 11) is 0. The molecule has 1 atom stereocenters. The van der Waals surface area contributed by atoms with Crippen molar-refractivity contribution in [3.63, 3.8) is 0 Å². The third-order valence-corrected chi connectivity index (χ3v) is 4.56. The molecule has 1 aliphatic heterocycles. The van der Waals surface area contributed by atoms with Crippen LogP contribution in [0.5, 0.6) is 0 Å². The van der Waals surface area contributed by atoms with Crippen molar-refractivity contribution in [3.05, 3.63) is 17.2 Å². The molecule has 0 fully saturated rings. The third kappa shape index (κ3) is 3.57. The normalized spacial score (nSPS) is 15.0. The molecular weight excluding hydrogens is 292 g/mol. The Hall–Kier alpha value is -1.85. The molecule has 1 unspecified atom stereocenters. The van der Waals surface area contributed by atoms with Crippen molar-refractivity contribution < 1.29 is 9.59 Å². The SMILES string of the molecule is CCC(C)NC(=O)c1nc(C(=O)N(CC)CC)c2n1CCCC2. The number of carbonyl (C=O) groups excluding carboxylic acids is 2. The zero-order valence-electron chi connectivity index (χ0n) is 14.7. The summed E-state index contributed by atoms with van der Waals surface area (Å²) < 4.78 is 1.94. The molecule has 0 saturated heterocycles. The maximum atomic E-state index is 12.7. The van der Waals surface area contributed by atoms with Crippen LogP contribution in [-0.4, -0.2) is 45.4 Å². The summed E-state index contributed by atoms with van der Waals surface area (Å²) in [6, 6.07) is 0.0981. The molecule has 23 heavy (non-hydrogen) atoms. The second-order valence-corrected chi connectivity index (χ2v) is 6.10. The minimum Gasteiger partial charge on any atom is -0.347 e. The second-order valence-electron chi connectivity index (χ2n) is 6.10. The summed E-state index contributed by atoms with van der Waals surface area (Å²) >= 11 is 0. The van der Waals surface area contributed by atoms with Crippen LogP contribution in [0.4, 0.5) is 0 Å². The highest BCUT2D eigenvalue weighted by Gasteiger charge is 2.29. The van der Waals surface area contributed by atoms with E-state index in [1.807, 2.05) is 32.3 Å². The molecule has 2 amide bonds. The number of aromatic nitrogens is 2. The van der Waals surface area contributed by atoms with Gasteiger partial charge in [0.15, 0.2) is 5.82 Å². The predicted octanol–water partition coefficient (Wildman–Crippen LogP) is 2.23. The van der Waals surface area contributed by atoms with Crippen molar-refractivity contribution in [2.45, 2.75) is 66.0 Å². The van der Waals surface area contributed by atoms with E-state index in [0.29, 0.717) is 24.6 Å². The molecule has 2 heterocycles. The van der Waals surface area contributed by atoms with Crippen molar-refractivity contribution in [1.29, 1.82) is 0 Å². The average molecular weight is 320 g/mol. The van der Waals surface area contributed by atoms with E-state index in [-0.39, 0.29) is 17.9 Å². The summed E-state index contributed by atoms with van der Waals surface area (Å²) in [6.07, 6.45) is 3.74. The molecule has 6 nitrogen and oxygen atoms in total. The first-order valence-corrected chi connectivity index (χ1v) is 8.72. The molecule has 128 valence electrons. The Morgan fingerprint density at radius 2 is 1.96 bits per heavy atom. The molecule has 0 aromatic carbocycles. The van der Waals surface area contributed by atoms with Crippen LogP contribution in [0.15, 0.2) is 0 Å². The molecule has 0 bridgehead atoms. The molecule has 1 N–H and O–H groups in total. The lowest BCUT2D eigenvalue weighted by Crippen LogP contribution is -2.34. The zero-order chi connectivity index (χ0) is 17.0. The Labute approximate surface area is 138 Å². The minimum absolute atomic E-state index is 0.0664. The molecule has 1 aliphatic rings. The molecule has 2 rings (SSSR count). The highest BCUT2D eigenvalue weighted by atomic mass is 16.2. The number of fused-ring (bicyclic) bond motifs is 1. The number of hydrogen-bond acceptors (Lipinski definition) is 3. The summed E-state index contributed by atoms with van der Waals surface area (Å²) in [5.74, 6) is 0.139. The van der Waals surface area contributed by atoms with Gasteiger partial charge in [0.2, 0.25) is 0 Å².